The van der Waals surface area contributed by atoms with Gasteiger partial charge in [-0.25, -0.2) is 0 Å². The fourth-order valence-electron chi connectivity index (χ4n) is 5.75. The quantitative estimate of drug-likeness (QED) is 0.658. The summed E-state index contributed by atoms with van der Waals surface area (Å²) in [6.07, 6.45) is 7.69. The fourth-order valence-corrected chi connectivity index (χ4v) is 5.75. The second-order valence-electron chi connectivity index (χ2n) is 7.26. The van der Waals surface area contributed by atoms with Gasteiger partial charge in [0.1, 0.15) is 0 Å². The summed E-state index contributed by atoms with van der Waals surface area (Å²) in [6.45, 7) is 4.65. The van der Waals surface area contributed by atoms with Crippen molar-refractivity contribution in [1.82, 2.24) is 0 Å². The molecule has 1 aromatic rings. The lowest BCUT2D eigenvalue weighted by Crippen LogP contribution is -2.44. The van der Waals surface area contributed by atoms with Crippen LogP contribution in [0.1, 0.15) is 54.7 Å². The smallest absolute Gasteiger partial charge is 0.00996 e. The van der Waals surface area contributed by atoms with Crippen molar-refractivity contribution in [1.29, 1.82) is 0 Å². The molecule has 4 fully saturated rings. The van der Waals surface area contributed by atoms with Crippen LogP contribution in [0, 0.1) is 37.5 Å². The summed E-state index contributed by atoms with van der Waals surface area (Å²) in [4.78, 5) is 0. The van der Waals surface area contributed by atoms with Crippen molar-refractivity contribution >= 4 is 0 Å². The molecule has 0 aromatic heterocycles. The maximum atomic E-state index is 2.33. The van der Waals surface area contributed by atoms with Crippen molar-refractivity contribution in [3.05, 3.63) is 34.9 Å². The highest BCUT2D eigenvalue weighted by Crippen LogP contribution is 2.60. The standard InChI is InChI=1S/C18H24/c1-11-4-3-5-12(2)17(11)18-15-7-13-6-14(9-15)10-16(18)8-13/h3-5,13-16,18H,6-10H2,1-2H3. The van der Waals surface area contributed by atoms with Gasteiger partial charge in [-0.3, -0.25) is 0 Å². The van der Waals surface area contributed by atoms with Gasteiger partial charge in [0.2, 0.25) is 0 Å². The topological polar surface area (TPSA) is 0 Å². The van der Waals surface area contributed by atoms with Gasteiger partial charge in [0.15, 0.2) is 0 Å². The second-order valence-corrected chi connectivity index (χ2v) is 7.26. The fraction of sp³-hybridized carbons (Fsp3) is 0.667. The Morgan fingerprint density at radius 2 is 1.28 bits per heavy atom. The van der Waals surface area contributed by atoms with Crippen LogP contribution in [0.15, 0.2) is 18.2 Å². The van der Waals surface area contributed by atoms with E-state index in [-0.39, 0.29) is 0 Å². The molecule has 0 spiro atoms. The molecule has 5 rings (SSSR count). The van der Waals surface area contributed by atoms with Gasteiger partial charge in [0.25, 0.3) is 0 Å². The van der Waals surface area contributed by atoms with Gasteiger partial charge in [0, 0.05) is 0 Å². The third-order valence-corrected chi connectivity index (χ3v) is 6.10. The van der Waals surface area contributed by atoms with E-state index in [2.05, 4.69) is 32.0 Å². The highest BCUT2D eigenvalue weighted by atomic mass is 14.5. The molecule has 18 heavy (non-hydrogen) atoms. The molecule has 0 aliphatic heterocycles. The molecule has 4 aliphatic carbocycles. The van der Waals surface area contributed by atoms with E-state index in [9.17, 15) is 0 Å². The van der Waals surface area contributed by atoms with Crippen LogP contribution in [0.2, 0.25) is 0 Å². The Balaban J connectivity index is 1.77. The van der Waals surface area contributed by atoms with E-state index in [1.165, 1.54) is 25.7 Å². The molecule has 0 N–H and O–H groups in total. The molecule has 4 aliphatic rings. The Kier molecular flexibility index (Phi) is 2.37. The third kappa shape index (κ3) is 1.51. The van der Waals surface area contributed by atoms with Gasteiger partial charge in [-0.2, -0.15) is 0 Å². The van der Waals surface area contributed by atoms with Gasteiger partial charge in [-0.1, -0.05) is 18.2 Å². The molecule has 4 bridgehead atoms. The minimum atomic E-state index is 0.902. The predicted molar refractivity (Wildman–Crippen MR) is 75.7 cm³/mol. The van der Waals surface area contributed by atoms with Crippen LogP contribution >= 0.6 is 0 Å². The maximum Gasteiger partial charge on any atom is -0.00996 e. The molecule has 96 valence electrons. The van der Waals surface area contributed by atoms with Crippen molar-refractivity contribution in [3.8, 4) is 0 Å². The summed E-state index contributed by atoms with van der Waals surface area (Å²) < 4.78 is 0. The Labute approximate surface area is 111 Å². The summed E-state index contributed by atoms with van der Waals surface area (Å²) >= 11 is 0. The Morgan fingerprint density at radius 1 is 0.778 bits per heavy atom. The first-order valence-electron chi connectivity index (χ1n) is 7.78. The molecule has 0 amide bonds. The lowest BCUT2D eigenvalue weighted by Gasteiger charge is -2.55. The molecule has 0 radical (unpaired) electrons. The second kappa shape index (κ2) is 3.85. The Morgan fingerprint density at radius 3 is 1.78 bits per heavy atom. The summed E-state index contributed by atoms with van der Waals surface area (Å²) in [6, 6.07) is 6.88. The zero-order valence-corrected chi connectivity index (χ0v) is 11.7. The summed E-state index contributed by atoms with van der Waals surface area (Å²) in [5.74, 6) is 5.11. The van der Waals surface area contributed by atoms with E-state index in [4.69, 9.17) is 0 Å². The zero-order chi connectivity index (χ0) is 12.3. The van der Waals surface area contributed by atoms with Crippen LogP contribution < -0.4 is 0 Å². The maximum absolute atomic E-state index is 2.33. The monoisotopic (exact) mass is 240 g/mol. The van der Waals surface area contributed by atoms with Gasteiger partial charge in [-0.15, -0.1) is 0 Å². The van der Waals surface area contributed by atoms with Crippen LogP contribution in [-0.2, 0) is 0 Å². The first-order chi connectivity index (χ1) is 8.72. The molecular formula is C18H24. The SMILES string of the molecule is Cc1cccc(C)c1C1C2CC3CC(C2)CC1C3. The van der Waals surface area contributed by atoms with Crippen molar-refractivity contribution in [2.75, 3.05) is 0 Å². The largest absolute Gasteiger partial charge is 0.0617 e. The van der Waals surface area contributed by atoms with Gasteiger partial charge in [-0.05, 0) is 92.2 Å². The van der Waals surface area contributed by atoms with Gasteiger partial charge < -0.3 is 0 Å². The number of rotatable bonds is 1. The van der Waals surface area contributed by atoms with Crippen LogP contribution in [0.3, 0.4) is 0 Å². The molecule has 0 saturated heterocycles. The van der Waals surface area contributed by atoms with E-state index in [1.807, 2.05) is 0 Å². The Bertz CT molecular complexity index is 423. The van der Waals surface area contributed by atoms with Crippen LogP contribution in [0.5, 0.6) is 0 Å². The van der Waals surface area contributed by atoms with Gasteiger partial charge in [0.05, 0.1) is 0 Å². The van der Waals surface area contributed by atoms with E-state index < -0.39 is 0 Å². The molecule has 0 atom stereocenters. The highest BCUT2D eigenvalue weighted by molar-refractivity contribution is 5.38. The molecular weight excluding hydrogens is 216 g/mol. The number of benzene rings is 1. The van der Waals surface area contributed by atoms with E-state index in [1.54, 1.807) is 23.1 Å². The molecule has 1 aromatic carbocycles. The summed E-state index contributed by atoms with van der Waals surface area (Å²) in [5.41, 5.74) is 4.83. The van der Waals surface area contributed by atoms with Crippen LogP contribution in [0.25, 0.3) is 0 Å². The molecule has 0 unspecified atom stereocenters. The van der Waals surface area contributed by atoms with Crippen molar-refractivity contribution in [2.24, 2.45) is 23.7 Å². The molecule has 0 nitrogen and oxygen atoms in total. The van der Waals surface area contributed by atoms with E-state index >= 15 is 0 Å². The van der Waals surface area contributed by atoms with Crippen LogP contribution in [0.4, 0.5) is 0 Å². The summed E-state index contributed by atoms with van der Waals surface area (Å²) in [7, 11) is 0. The Hall–Kier alpha value is -0.780. The van der Waals surface area contributed by atoms with Gasteiger partial charge >= 0.3 is 0 Å². The van der Waals surface area contributed by atoms with E-state index in [0.717, 1.165) is 29.6 Å². The minimum Gasteiger partial charge on any atom is -0.0617 e. The zero-order valence-electron chi connectivity index (χ0n) is 11.7. The van der Waals surface area contributed by atoms with Crippen molar-refractivity contribution in [2.45, 2.75) is 51.9 Å². The number of hydrogen-bond donors (Lipinski definition) is 0. The van der Waals surface area contributed by atoms with Crippen molar-refractivity contribution < 1.29 is 0 Å². The highest BCUT2D eigenvalue weighted by Gasteiger charge is 2.49. The first kappa shape index (κ1) is 11.1. The minimum absolute atomic E-state index is 0.902. The van der Waals surface area contributed by atoms with Crippen LogP contribution in [-0.4, -0.2) is 0 Å². The summed E-state index contributed by atoms with van der Waals surface area (Å²) in [5, 5.41) is 0. The lowest BCUT2D eigenvalue weighted by atomic mass is 9.50. The van der Waals surface area contributed by atoms with Crippen molar-refractivity contribution in [3.63, 3.8) is 0 Å². The predicted octanol–water partition coefficient (Wildman–Crippen LogP) is 4.84. The molecule has 4 saturated carbocycles. The number of aryl methyl sites for hydroxylation is 2. The lowest BCUT2D eigenvalue weighted by molar-refractivity contribution is -0.00318. The normalized spacial score (nSPS) is 41.3. The van der Waals surface area contributed by atoms with E-state index in [0.29, 0.717) is 0 Å². The average Bonchev–Trinajstić information content (AvgIpc) is 2.31. The third-order valence-electron chi connectivity index (χ3n) is 6.10. The molecule has 0 heterocycles. The molecule has 0 heteroatoms. The number of hydrogen-bond acceptors (Lipinski definition) is 0. The average molecular weight is 240 g/mol. The first-order valence-corrected chi connectivity index (χ1v) is 7.78.